The summed E-state index contributed by atoms with van der Waals surface area (Å²) in [6.07, 6.45) is 4.17. The number of aryl methyl sites for hydroxylation is 1. The summed E-state index contributed by atoms with van der Waals surface area (Å²) in [5, 5.41) is 10.6. The van der Waals surface area contributed by atoms with Gasteiger partial charge in [-0.25, -0.2) is 9.78 Å². The van der Waals surface area contributed by atoms with Crippen LogP contribution in [0.15, 0.2) is 4.79 Å². The van der Waals surface area contributed by atoms with Gasteiger partial charge in [0, 0.05) is 12.6 Å². The van der Waals surface area contributed by atoms with Gasteiger partial charge in [-0.1, -0.05) is 5.92 Å². The number of aromatic amines is 1. The number of carbonyl (C=O) groups excluding carboxylic acids is 1. The maximum atomic E-state index is 12.7. The summed E-state index contributed by atoms with van der Waals surface area (Å²) in [4.78, 5) is 35.2. The smallest absolute Gasteiger partial charge is 0.348 e. The Labute approximate surface area is 180 Å². The average molecular weight is 436 g/mol. The van der Waals surface area contributed by atoms with Gasteiger partial charge in [0.15, 0.2) is 0 Å². The summed E-state index contributed by atoms with van der Waals surface area (Å²) in [6, 6.07) is 0.0925. The highest BCUT2D eigenvalue weighted by molar-refractivity contribution is 7.20. The molecule has 0 bridgehead atoms. The third-order valence-corrected chi connectivity index (χ3v) is 5.57. The van der Waals surface area contributed by atoms with Crippen molar-refractivity contribution in [2.24, 2.45) is 0 Å². The molecule has 9 heteroatoms. The molecule has 0 saturated carbocycles. The summed E-state index contributed by atoms with van der Waals surface area (Å²) < 4.78 is 10.5. The highest BCUT2D eigenvalue weighted by atomic mass is 32.1. The second-order valence-electron chi connectivity index (χ2n) is 7.60. The Morgan fingerprint density at radius 1 is 1.37 bits per heavy atom. The molecule has 164 valence electrons. The molecule has 0 amide bonds. The molecule has 0 aromatic carbocycles. The van der Waals surface area contributed by atoms with Gasteiger partial charge in [0.05, 0.1) is 30.7 Å². The number of thiophene rings is 1. The predicted octanol–water partition coefficient (Wildman–Crippen LogP) is 2.08. The van der Waals surface area contributed by atoms with E-state index in [2.05, 4.69) is 15.9 Å². The van der Waals surface area contributed by atoms with Gasteiger partial charge in [-0.3, -0.25) is 9.69 Å². The second kappa shape index (κ2) is 10.7. The number of terminal acetylenes is 1. The molecule has 0 aliphatic rings. The molecule has 30 heavy (non-hydrogen) atoms. The fraction of sp³-hybridized carbons (Fsp3) is 0.571. The number of rotatable bonds is 10. The van der Waals surface area contributed by atoms with Gasteiger partial charge in [-0.2, -0.15) is 0 Å². The zero-order valence-electron chi connectivity index (χ0n) is 18.0. The summed E-state index contributed by atoms with van der Waals surface area (Å²) in [7, 11) is 0. The Kier molecular flexibility index (Phi) is 8.55. The van der Waals surface area contributed by atoms with E-state index in [4.69, 9.17) is 15.9 Å². The summed E-state index contributed by atoms with van der Waals surface area (Å²) >= 11 is 1.15. The van der Waals surface area contributed by atoms with Crippen LogP contribution in [0.4, 0.5) is 0 Å². The number of hydrogen-bond donors (Lipinski definition) is 2. The fourth-order valence-electron chi connectivity index (χ4n) is 2.95. The Bertz CT molecular complexity index is 973. The number of nitrogens with one attached hydrogen (secondary N) is 1. The molecule has 2 aromatic rings. The van der Waals surface area contributed by atoms with Crippen molar-refractivity contribution in [2.75, 3.05) is 19.8 Å². The first kappa shape index (κ1) is 24.0. The number of carbonyl (C=O) groups is 1. The zero-order valence-corrected chi connectivity index (χ0v) is 18.8. The van der Waals surface area contributed by atoms with Gasteiger partial charge in [-0.05, 0) is 40.2 Å². The van der Waals surface area contributed by atoms with Crippen LogP contribution in [0.2, 0.25) is 0 Å². The molecule has 1 atom stereocenters. The molecule has 0 unspecified atom stereocenters. The van der Waals surface area contributed by atoms with Crippen molar-refractivity contribution >= 4 is 27.5 Å². The molecule has 0 aliphatic heterocycles. The highest BCUT2D eigenvalue weighted by Gasteiger charge is 2.22. The molecule has 0 radical (unpaired) electrons. The Hall–Kier alpha value is -2.25. The van der Waals surface area contributed by atoms with Crippen LogP contribution < -0.4 is 5.56 Å². The van der Waals surface area contributed by atoms with Gasteiger partial charge < -0.3 is 19.6 Å². The lowest BCUT2D eigenvalue weighted by atomic mass is 10.2. The molecule has 0 aliphatic carbocycles. The lowest BCUT2D eigenvalue weighted by molar-refractivity contribution is 0.0186. The molecule has 2 heterocycles. The molecular formula is C21H29N3O5S. The highest BCUT2D eigenvalue weighted by Crippen LogP contribution is 2.28. The second-order valence-corrected chi connectivity index (χ2v) is 8.60. The van der Waals surface area contributed by atoms with Crippen LogP contribution in [-0.2, 0) is 16.0 Å². The molecule has 2 N–H and O–H groups in total. The minimum absolute atomic E-state index is 0.0925. The van der Waals surface area contributed by atoms with Gasteiger partial charge >= 0.3 is 5.97 Å². The first-order valence-corrected chi connectivity index (χ1v) is 10.6. The van der Waals surface area contributed by atoms with E-state index in [0.717, 1.165) is 11.3 Å². The van der Waals surface area contributed by atoms with Gasteiger partial charge in [0.1, 0.15) is 22.1 Å². The Morgan fingerprint density at radius 3 is 2.67 bits per heavy atom. The van der Waals surface area contributed by atoms with Crippen LogP contribution in [0.3, 0.4) is 0 Å². The summed E-state index contributed by atoms with van der Waals surface area (Å²) in [5.41, 5.74) is 0.275. The minimum atomic E-state index is -0.724. The van der Waals surface area contributed by atoms with E-state index >= 15 is 0 Å². The van der Waals surface area contributed by atoms with Crippen molar-refractivity contribution in [1.82, 2.24) is 14.9 Å². The predicted molar refractivity (Wildman–Crippen MR) is 117 cm³/mol. The maximum absolute atomic E-state index is 12.7. The molecule has 2 rings (SSSR count). The van der Waals surface area contributed by atoms with E-state index in [1.54, 1.807) is 20.8 Å². The molecule has 2 aromatic heterocycles. The molecule has 0 fully saturated rings. The lowest BCUT2D eigenvalue weighted by Gasteiger charge is -2.28. The molecule has 8 nitrogen and oxygen atoms in total. The number of hydrogen-bond acceptors (Lipinski definition) is 8. The lowest BCUT2D eigenvalue weighted by Crippen LogP contribution is -2.39. The van der Waals surface area contributed by atoms with Crippen molar-refractivity contribution in [3.05, 3.63) is 26.6 Å². The number of nitrogens with zero attached hydrogens (tertiary/aromatic N) is 2. The van der Waals surface area contributed by atoms with E-state index < -0.39 is 12.1 Å². The first-order chi connectivity index (χ1) is 14.1. The van der Waals surface area contributed by atoms with E-state index in [9.17, 15) is 14.7 Å². The van der Waals surface area contributed by atoms with Crippen molar-refractivity contribution < 1.29 is 19.4 Å². The van der Waals surface area contributed by atoms with Crippen LogP contribution in [0.25, 0.3) is 10.2 Å². The normalized spacial score (nSPS) is 12.7. The number of ether oxygens (including phenoxy) is 2. The van der Waals surface area contributed by atoms with E-state index in [-0.39, 0.29) is 30.9 Å². The number of aliphatic hydroxyl groups excluding tert-OH is 1. The van der Waals surface area contributed by atoms with Crippen LogP contribution in [-0.4, -0.2) is 64.0 Å². The minimum Gasteiger partial charge on any atom is -0.459 e. The number of fused-ring (bicyclic) bond motifs is 1. The summed E-state index contributed by atoms with van der Waals surface area (Å²) in [6.45, 7) is 10.2. The summed E-state index contributed by atoms with van der Waals surface area (Å²) in [5.74, 6) is 2.37. The first-order valence-electron chi connectivity index (χ1n) is 9.80. The van der Waals surface area contributed by atoms with E-state index in [1.807, 2.05) is 18.7 Å². The monoisotopic (exact) mass is 435 g/mol. The standard InChI is InChI=1S/C21H29N3O5S/c1-7-8-28-11-15(25)9-24(12(2)3)10-16-22-19(26)17-14(6)18(30-20(17)23-16)21(27)29-13(4)5/h1,12-13,15,25H,8-11H2,2-6H3,(H,22,23,26)/t15-/m0/s1. The number of aromatic nitrogens is 2. The quantitative estimate of drug-likeness (QED) is 0.334. The van der Waals surface area contributed by atoms with Crippen molar-refractivity contribution in [1.29, 1.82) is 0 Å². The number of aliphatic hydroxyl groups is 1. The third-order valence-electron chi connectivity index (χ3n) is 4.40. The van der Waals surface area contributed by atoms with Crippen LogP contribution in [0, 0.1) is 19.3 Å². The maximum Gasteiger partial charge on any atom is 0.348 e. The molecular weight excluding hydrogens is 406 g/mol. The number of esters is 1. The third kappa shape index (κ3) is 6.12. The van der Waals surface area contributed by atoms with E-state index in [1.165, 1.54) is 0 Å². The number of H-pyrrole nitrogens is 1. The van der Waals surface area contributed by atoms with E-state index in [0.29, 0.717) is 39.6 Å². The van der Waals surface area contributed by atoms with Crippen LogP contribution in [0.1, 0.15) is 48.8 Å². The van der Waals surface area contributed by atoms with Crippen molar-refractivity contribution in [3.63, 3.8) is 0 Å². The van der Waals surface area contributed by atoms with Crippen molar-refractivity contribution in [3.8, 4) is 12.3 Å². The van der Waals surface area contributed by atoms with Crippen LogP contribution in [0.5, 0.6) is 0 Å². The molecule has 0 spiro atoms. The van der Waals surface area contributed by atoms with Crippen LogP contribution >= 0.6 is 11.3 Å². The topological polar surface area (TPSA) is 105 Å². The van der Waals surface area contributed by atoms with Gasteiger partial charge in [0.2, 0.25) is 0 Å². The van der Waals surface area contributed by atoms with Gasteiger partial charge in [-0.15, -0.1) is 17.8 Å². The average Bonchev–Trinajstić information content (AvgIpc) is 2.98. The Balaban J connectivity index is 2.25. The molecule has 0 saturated heterocycles. The zero-order chi connectivity index (χ0) is 22.4. The SMILES string of the molecule is C#CCOC[C@@H](O)CN(Cc1nc2sc(C(=O)OC(C)C)c(C)c2c(=O)[nH]1)C(C)C. The Morgan fingerprint density at radius 2 is 2.07 bits per heavy atom. The van der Waals surface area contributed by atoms with Gasteiger partial charge in [0.25, 0.3) is 5.56 Å². The van der Waals surface area contributed by atoms with Crippen molar-refractivity contribution in [2.45, 2.75) is 59.4 Å². The largest absolute Gasteiger partial charge is 0.459 e. The fourth-order valence-corrected chi connectivity index (χ4v) is 4.04.